The third-order valence-electron chi connectivity index (χ3n) is 3.03. The number of nitrogens with zero attached hydrogens (tertiary/aromatic N) is 2. The van der Waals surface area contributed by atoms with E-state index >= 15 is 0 Å². The van der Waals surface area contributed by atoms with Crippen LogP contribution >= 0.6 is 0 Å². The number of nitrogen functional groups attached to an aromatic ring is 1. The number of pyridine rings is 2. The fourth-order valence-corrected chi connectivity index (χ4v) is 2.06. The first-order valence-electron chi connectivity index (χ1n) is 6.14. The fourth-order valence-electron chi connectivity index (χ4n) is 2.06. The summed E-state index contributed by atoms with van der Waals surface area (Å²) in [6.07, 6.45) is -4.47. The van der Waals surface area contributed by atoms with E-state index in [-0.39, 0.29) is 11.5 Å². The Morgan fingerprint density at radius 2 is 1.62 bits per heavy atom. The van der Waals surface area contributed by atoms with Gasteiger partial charge in [-0.25, -0.2) is 9.97 Å². The molecule has 0 saturated carbocycles. The molecule has 3 aromatic rings. The molecular formula is C15H10F3N3. The topological polar surface area (TPSA) is 51.8 Å². The number of hydrogen-bond donors (Lipinski definition) is 1. The normalized spacial score (nSPS) is 11.8. The number of fused-ring (bicyclic) bond motifs is 1. The molecule has 0 aliphatic rings. The van der Waals surface area contributed by atoms with Crippen LogP contribution in [-0.2, 0) is 6.18 Å². The number of nitrogens with two attached hydrogens (primary N) is 1. The van der Waals surface area contributed by atoms with Crippen LogP contribution in [0.5, 0.6) is 0 Å². The van der Waals surface area contributed by atoms with Gasteiger partial charge >= 0.3 is 6.18 Å². The minimum Gasteiger partial charge on any atom is -0.384 e. The highest BCUT2D eigenvalue weighted by atomic mass is 19.4. The quantitative estimate of drug-likeness (QED) is 0.739. The number of benzene rings is 1. The standard InChI is InChI=1S/C15H10F3N3/c16-15(17,18)10-7-13(21-14(19)8-10)12-6-5-9-3-1-2-4-11(9)20-12/h1-8H,(H2,19,21). The number of halogens is 3. The summed E-state index contributed by atoms with van der Waals surface area (Å²) in [6.45, 7) is 0. The molecule has 21 heavy (non-hydrogen) atoms. The number of hydrogen-bond acceptors (Lipinski definition) is 3. The van der Waals surface area contributed by atoms with Crippen LogP contribution in [0.3, 0.4) is 0 Å². The van der Waals surface area contributed by atoms with E-state index < -0.39 is 11.7 Å². The van der Waals surface area contributed by atoms with Crippen molar-refractivity contribution in [3.05, 3.63) is 54.1 Å². The van der Waals surface area contributed by atoms with Gasteiger partial charge in [-0.05, 0) is 24.3 Å². The molecule has 2 aromatic heterocycles. The van der Waals surface area contributed by atoms with Gasteiger partial charge in [0.05, 0.1) is 22.5 Å². The second kappa shape index (κ2) is 4.73. The molecule has 2 heterocycles. The summed E-state index contributed by atoms with van der Waals surface area (Å²) in [4.78, 5) is 8.26. The molecule has 0 amide bonds. The van der Waals surface area contributed by atoms with Gasteiger partial charge in [0.1, 0.15) is 5.82 Å². The first-order chi connectivity index (χ1) is 9.93. The molecule has 0 saturated heterocycles. The Morgan fingerprint density at radius 1 is 0.857 bits per heavy atom. The molecule has 106 valence electrons. The highest BCUT2D eigenvalue weighted by molar-refractivity contribution is 5.81. The van der Waals surface area contributed by atoms with Crippen LogP contribution in [-0.4, -0.2) is 9.97 Å². The molecule has 0 aliphatic heterocycles. The first kappa shape index (κ1) is 13.4. The van der Waals surface area contributed by atoms with Crippen molar-refractivity contribution in [3.8, 4) is 11.4 Å². The third-order valence-corrected chi connectivity index (χ3v) is 3.03. The summed E-state index contributed by atoms with van der Waals surface area (Å²) in [6, 6.07) is 12.5. The van der Waals surface area contributed by atoms with E-state index in [2.05, 4.69) is 9.97 Å². The maximum Gasteiger partial charge on any atom is 0.416 e. The van der Waals surface area contributed by atoms with E-state index in [9.17, 15) is 13.2 Å². The average Bonchev–Trinajstić information content (AvgIpc) is 2.45. The van der Waals surface area contributed by atoms with Crippen molar-refractivity contribution in [2.75, 3.05) is 5.73 Å². The van der Waals surface area contributed by atoms with Crippen LogP contribution in [0.25, 0.3) is 22.3 Å². The molecule has 0 atom stereocenters. The predicted molar refractivity (Wildman–Crippen MR) is 74.4 cm³/mol. The molecule has 3 nitrogen and oxygen atoms in total. The largest absolute Gasteiger partial charge is 0.416 e. The van der Waals surface area contributed by atoms with E-state index in [1.54, 1.807) is 18.2 Å². The predicted octanol–water partition coefficient (Wildman–Crippen LogP) is 3.90. The molecular weight excluding hydrogens is 279 g/mol. The SMILES string of the molecule is Nc1cc(C(F)(F)F)cc(-c2ccc3ccccc3n2)n1. The summed E-state index contributed by atoms with van der Waals surface area (Å²) in [5, 5.41) is 0.904. The first-order valence-corrected chi connectivity index (χ1v) is 6.14. The van der Waals surface area contributed by atoms with Gasteiger partial charge in [0, 0.05) is 5.39 Å². The molecule has 1 aromatic carbocycles. The molecule has 2 N–H and O–H groups in total. The highest BCUT2D eigenvalue weighted by Gasteiger charge is 2.31. The van der Waals surface area contributed by atoms with Crippen molar-refractivity contribution < 1.29 is 13.2 Å². The van der Waals surface area contributed by atoms with E-state index in [1.165, 1.54) is 0 Å². The van der Waals surface area contributed by atoms with Crippen molar-refractivity contribution in [1.82, 2.24) is 9.97 Å². The van der Waals surface area contributed by atoms with Crippen LogP contribution in [0.15, 0.2) is 48.5 Å². The Hall–Kier alpha value is -2.63. The summed E-state index contributed by atoms with van der Waals surface area (Å²) < 4.78 is 38.4. The van der Waals surface area contributed by atoms with Crippen molar-refractivity contribution >= 4 is 16.7 Å². The van der Waals surface area contributed by atoms with E-state index in [0.29, 0.717) is 11.2 Å². The number of alkyl halides is 3. The van der Waals surface area contributed by atoms with Crippen LogP contribution in [0.2, 0.25) is 0 Å². The van der Waals surface area contributed by atoms with Gasteiger partial charge in [-0.3, -0.25) is 0 Å². The van der Waals surface area contributed by atoms with Gasteiger partial charge in [0.2, 0.25) is 0 Å². The van der Waals surface area contributed by atoms with Crippen LogP contribution in [0.4, 0.5) is 19.0 Å². The Balaban J connectivity index is 2.16. The molecule has 0 fully saturated rings. The molecule has 0 spiro atoms. The van der Waals surface area contributed by atoms with Gasteiger partial charge in [0.15, 0.2) is 0 Å². The zero-order valence-corrected chi connectivity index (χ0v) is 10.7. The molecule has 0 bridgehead atoms. The molecule has 6 heteroatoms. The summed E-state index contributed by atoms with van der Waals surface area (Å²) in [5.41, 5.74) is 5.78. The second-order valence-corrected chi connectivity index (χ2v) is 4.55. The minimum atomic E-state index is -4.47. The van der Waals surface area contributed by atoms with E-state index in [0.717, 1.165) is 17.5 Å². The Morgan fingerprint density at radius 3 is 2.38 bits per heavy atom. The molecule has 3 rings (SSSR count). The van der Waals surface area contributed by atoms with Gasteiger partial charge in [0.25, 0.3) is 0 Å². The van der Waals surface area contributed by atoms with Gasteiger partial charge in [-0.2, -0.15) is 13.2 Å². The van der Waals surface area contributed by atoms with E-state index in [1.807, 2.05) is 18.2 Å². The molecule has 0 aliphatic carbocycles. The number of aromatic nitrogens is 2. The Labute approximate surface area is 118 Å². The van der Waals surface area contributed by atoms with Crippen molar-refractivity contribution in [3.63, 3.8) is 0 Å². The summed E-state index contributed by atoms with van der Waals surface area (Å²) in [5.74, 6) is -0.185. The fraction of sp³-hybridized carbons (Fsp3) is 0.0667. The minimum absolute atomic E-state index is 0.105. The summed E-state index contributed by atoms with van der Waals surface area (Å²) in [7, 11) is 0. The number of para-hydroxylation sites is 1. The second-order valence-electron chi connectivity index (χ2n) is 4.55. The zero-order chi connectivity index (χ0) is 15.0. The van der Waals surface area contributed by atoms with Crippen LogP contribution < -0.4 is 5.73 Å². The van der Waals surface area contributed by atoms with Crippen molar-refractivity contribution in [2.45, 2.75) is 6.18 Å². The Bertz CT molecular complexity index is 813. The third kappa shape index (κ3) is 2.65. The average molecular weight is 289 g/mol. The van der Waals surface area contributed by atoms with Crippen LogP contribution in [0.1, 0.15) is 5.56 Å². The van der Waals surface area contributed by atoms with E-state index in [4.69, 9.17) is 5.73 Å². The Kier molecular flexibility index (Phi) is 3.01. The molecule has 0 unspecified atom stereocenters. The maximum atomic E-state index is 12.8. The number of rotatable bonds is 1. The highest BCUT2D eigenvalue weighted by Crippen LogP contribution is 2.32. The van der Waals surface area contributed by atoms with Crippen LogP contribution in [0, 0.1) is 0 Å². The lowest BCUT2D eigenvalue weighted by Crippen LogP contribution is -2.07. The zero-order valence-electron chi connectivity index (χ0n) is 10.7. The van der Waals surface area contributed by atoms with Gasteiger partial charge < -0.3 is 5.73 Å². The van der Waals surface area contributed by atoms with Gasteiger partial charge in [-0.1, -0.05) is 24.3 Å². The lowest BCUT2D eigenvalue weighted by molar-refractivity contribution is -0.137. The smallest absolute Gasteiger partial charge is 0.384 e. The monoisotopic (exact) mass is 289 g/mol. The van der Waals surface area contributed by atoms with Gasteiger partial charge in [-0.15, -0.1) is 0 Å². The summed E-state index contributed by atoms with van der Waals surface area (Å²) >= 11 is 0. The van der Waals surface area contributed by atoms with Crippen molar-refractivity contribution in [1.29, 1.82) is 0 Å². The molecule has 0 radical (unpaired) electrons. The van der Waals surface area contributed by atoms with Crippen molar-refractivity contribution in [2.24, 2.45) is 0 Å². The number of anilines is 1. The lowest BCUT2D eigenvalue weighted by atomic mass is 10.1. The maximum absolute atomic E-state index is 12.8. The lowest BCUT2D eigenvalue weighted by Gasteiger charge is -2.10.